The number of nitrogens with two attached hydrogens (primary N) is 1. The fraction of sp³-hybridized carbons (Fsp3) is 0.160. The third-order valence-electron chi connectivity index (χ3n) is 6.47. The van der Waals surface area contributed by atoms with E-state index in [9.17, 15) is 14.7 Å². The van der Waals surface area contributed by atoms with E-state index in [1.54, 1.807) is 4.57 Å². The number of amides is 1. The Morgan fingerprint density at radius 1 is 1.15 bits per heavy atom. The van der Waals surface area contributed by atoms with Gasteiger partial charge in [-0.1, -0.05) is 53.5 Å². The van der Waals surface area contributed by atoms with E-state index < -0.39 is 29.2 Å². The van der Waals surface area contributed by atoms with Crippen LogP contribution in [0, 0.1) is 12.7 Å². The molecule has 1 amide bonds. The number of rotatable bonds is 5. The van der Waals surface area contributed by atoms with E-state index in [0.29, 0.717) is 11.9 Å². The fourth-order valence-corrected chi connectivity index (χ4v) is 5.37. The lowest BCUT2D eigenvalue weighted by Gasteiger charge is -2.19. The predicted octanol–water partition coefficient (Wildman–Crippen LogP) is 5.52. The first-order chi connectivity index (χ1) is 16.2. The molecule has 3 aromatic carbocycles. The average Bonchev–Trinajstić information content (AvgIpc) is 3.41. The number of carbonyl (C=O) groups excluding carboxylic acids is 1. The van der Waals surface area contributed by atoms with Crippen LogP contribution in [0.3, 0.4) is 0 Å². The zero-order chi connectivity index (χ0) is 24.4. The number of carbonyl (C=O) groups is 2. The third kappa shape index (κ3) is 3.19. The van der Waals surface area contributed by atoms with Gasteiger partial charge in [0.1, 0.15) is 11.6 Å². The van der Waals surface area contributed by atoms with E-state index >= 15 is 4.39 Å². The monoisotopic (exact) mass is 497 g/mol. The van der Waals surface area contributed by atoms with Gasteiger partial charge in [0.2, 0.25) is 5.91 Å². The number of hydrogen-bond acceptors (Lipinski definition) is 3. The number of aromatic nitrogens is 2. The number of fused-ring (bicyclic) bond motifs is 1. The Bertz CT molecular complexity index is 1500. The molecule has 1 aromatic heterocycles. The lowest BCUT2D eigenvalue weighted by molar-refractivity contribution is -0.120. The Kier molecular flexibility index (Phi) is 5.15. The fourth-order valence-electron chi connectivity index (χ4n) is 4.81. The van der Waals surface area contributed by atoms with Crippen LogP contribution >= 0.6 is 23.2 Å². The summed E-state index contributed by atoms with van der Waals surface area (Å²) >= 11 is 12.9. The number of benzene rings is 3. The van der Waals surface area contributed by atoms with Gasteiger partial charge in [-0.2, -0.15) is 0 Å². The number of carboxylic acid groups (broad SMARTS) is 1. The topological polar surface area (TPSA) is 98.2 Å². The van der Waals surface area contributed by atoms with Gasteiger partial charge in [-0.3, -0.25) is 4.79 Å². The van der Waals surface area contributed by atoms with Crippen molar-refractivity contribution < 1.29 is 19.1 Å². The highest BCUT2D eigenvalue weighted by Crippen LogP contribution is 2.60. The van der Waals surface area contributed by atoms with E-state index in [-0.39, 0.29) is 32.5 Å². The molecule has 2 atom stereocenters. The molecular weight excluding hydrogens is 480 g/mol. The Hall–Kier alpha value is -3.42. The SMILES string of the molecule is Cc1ccccc1C1(C(N)=O)CC1n1c(-c2c(F)cccc2Cl)nc2cc(C(=O)O)cc(Cl)c21. The Morgan fingerprint density at radius 2 is 1.88 bits per heavy atom. The van der Waals surface area contributed by atoms with Crippen LogP contribution in [0.25, 0.3) is 22.4 Å². The summed E-state index contributed by atoms with van der Waals surface area (Å²) in [7, 11) is 0. The van der Waals surface area contributed by atoms with Crippen molar-refractivity contribution in [1.82, 2.24) is 9.55 Å². The van der Waals surface area contributed by atoms with Crippen molar-refractivity contribution >= 4 is 46.1 Å². The van der Waals surface area contributed by atoms with Crippen LogP contribution in [0.1, 0.15) is 33.9 Å². The van der Waals surface area contributed by atoms with Crippen LogP contribution in [0.4, 0.5) is 4.39 Å². The molecule has 34 heavy (non-hydrogen) atoms. The second-order valence-electron chi connectivity index (χ2n) is 8.40. The van der Waals surface area contributed by atoms with Gasteiger partial charge in [-0.05, 0) is 48.7 Å². The molecule has 2 unspecified atom stereocenters. The maximum absolute atomic E-state index is 15.0. The number of carboxylic acids is 1. The van der Waals surface area contributed by atoms with Crippen molar-refractivity contribution in [3.63, 3.8) is 0 Å². The van der Waals surface area contributed by atoms with E-state index in [0.717, 1.165) is 11.1 Å². The Balaban J connectivity index is 1.84. The number of aromatic carboxylic acids is 1. The van der Waals surface area contributed by atoms with Crippen molar-refractivity contribution in [3.8, 4) is 11.4 Å². The van der Waals surface area contributed by atoms with Crippen LogP contribution in [0.2, 0.25) is 10.0 Å². The molecular formula is C25H18Cl2FN3O3. The summed E-state index contributed by atoms with van der Waals surface area (Å²) in [6.45, 7) is 1.89. The standard InChI is InChI=1S/C25H18Cl2FN3O3/c1-12-5-2-3-6-14(12)25(24(29)34)11-19(25)31-21-16(27)9-13(23(32)33)10-18(21)30-22(31)20-15(26)7-4-8-17(20)28/h2-10,19H,11H2,1H3,(H2,29,34)(H,32,33). The lowest BCUT2D eigenvalue weighted by atomic mass is 9.90. The number of primary amides is 1. The van der Waals surface area contributed by atoms with Gasteiger partial charge in [0.05, 0.1) is 43.7 Å². The normalized spacial score (nSPS) is 19.4. The van der Waals surface area contributed by atoms with Gasteiger partial charge in [-0.15, -0.1) is 0 Å². The summed E-state index contributed by atoms with van der Waals surface area (Å²) in [4.78, 5) is 29.0. The van der Waals surface area contributed by atoms with E-state index in [2.05, 4.69) is 4.98 Å². The van der Waals surface area contributed by atoms with Crippen molar-refractivity contribution in [2.75, 3.05) is 0 Å². The highest BCUT2D eigenvalue weighted by molar-refractivity contribution is 6.36. The van der Waals surface area contributed by atoms with Crippen molar-refractivity contribution in [2.24, 2.45) is 5.73 Å². The minimum atomic E-state index is -1.18. The highest BCUT2D eigenvalue weighted by Gasteiger charge is 2.63. The average molecular weight is 498 g/mol. The van der Waals surface area contributed by atoms with Crippen molar-refractivity contribution in [2.45, 2.75) is 24.8 Å². The first-order valence-electron chi connectivity index (χ1n) is 10.4. The van der Waals surface area contributed by atoms with Crippen LogP contribution in [0.15, 0.2) is 54.6 Å². The zero-order valence-corrected chi connectivity index (χ0v) is 19.4. The maximum atomic E-state index is 15.0. The first kappa shape index (κ1) is 22.4. The summed E-state index contributed by atoms with van der Waals surface area (Å²) in [5.41, 5.74) is 7.11. The molecule has 6 nitrogen and oxygen atoms in total. The minimum Gasteiger partial charge on any atom is -0.478 e. The zero-order valence-electron chi connectivity index (χ0n) is 17.8. The molecule has 3 N–H and O–H groups in total. The third-order valence-corrected chi connectivity index (χ3v) is 7.08. The van der Waals surface area contributed by atoms with Crippen LogP contribution in [-0.4, -0.2) is 26.5 Å². The first-order valence-corrected chi connectivity index (χ1v) is 11.2. The molecule has 0 bridgehead atoms. The van der Waals surface area contributed by atoms with Gasteiger partial charge < -0.3 is 15.4 Å². The quantitative estimate of drug-likeness (QED) is 0.379. The molecule has 1 fully saturated rings. The minimum absolute atomic E-state index is 0.0309. The van der Waals surface area contributed by atoms with Gasteiger partial charge in [0.25, 0.3) is 0 Å². The maximum Gasteiger partial charge on any atom is 0.335 e. The summed E-state index contributed by atoms with van der Waals surface area (Å²) in [6.07, 6.45) is 0.342. The Morgan fingerprint density at radius 3 is 2.53 bits per heavy atom. The summed E-state index contributed by atoms with van der Waals surface area (Å²) in [5, 5.41) is 9.70. The van der Waals surface area contributed by atoms with E-state index in [1.807, 2.05) is 31.2 Å². The number of aryl methyl sites for hydroxylation is 1. The second-order valence-corrected chi connectivity index (χ2v) is 9.22. The molecule has 172 valence electrons. The molecule has 1 aliphatic rings. The Labute approximate surface area is 203 Å². The van der Waals surface area contributed by atoms with Gasteiger partial charge in [-0.25, -0.2) is 14.2 Å². The number of halogens is 3. The molecule has 1 heterocycles. The van der Waals surface area contributed by atoms with Gasteiger partial charge >= 0.3 is 5.97 Å². The largest absolute Gasteiger partial charge is 0.478 e. The predicted molar refractivity (Wildman–Crippen MR) is 128 cm³/mol. The highest BCUT2D eigenvalue weighted by atomic mass is 35.5. The van der Waals surface area contributed by atoms with Crippen LogP contribution in [-0.2, 0) is 10.2 Å². The van der Waals surface area contributed by atoms with Gasteiger partial charge in [0.15, 0.2) is 0 Å². The molecule has 4 aromatic rings. The molecule has 9 heteroatoms. The molecule has 1 aliphatic carbocycles. The summed E-state index contributed by atoms with van der Waals surface area (Å²) in [6, 6.07) is 13.8. The van der Waals surface area contributed by atoms with Gasteiger partial charge in [0, 0.05) is 0 Å². The van der Waals surface area contributed by atoms with Crippen LogP contribution in [0.5, 0.6) is 0 Å². The molecule has 0 saturated heterocycles. The second kappa shape index (κ2) is 7.82. The smallest absolute Gasteiger partial charge is 0.335 e. The van der Waals surface area contributed by atoms with Crippen molar-refractivity contribution in [1.29, 1.82) is 0 Å². The molecule has 1 saturated carbocycles. The number of nitrogens with zero attached hydrogens (tertiary/aromatic N) is 2. The van der Waals surface area contributed by atoms with E-state index in [1.165, 1.54) is 30.3 Å². The molecule has 5 rings (SSSR count). The number of hydrogen-bond donors (Lipinski definition) is 2. The number of imidazole rings is 1. The molecule has 0 radical (unpaired) electrons. The summed E-state index contributed by atoms with van der Waals surface area (Å²) < 4.78 is 16.7. The van der Waals surface area contributed by atoms with Crippen LogP contribution < -0.4 is 5.73 Å². The summed E-state index contributed by atoms with van der Waals surface area (Å²) in [5.74, 6) is -2.18. The lowest BCUT2D eigenvalue weighted by Crippen LogP contribution is -2.32. The van der Waals surface area contributed by atoms with E-state index in [4.69, 9.17) is 28.9 Å². The van der Waals surface area contributed by atoms with Crippen molar-refractivity contribution in [3.05, 3.63) is 87.2 Å². The molecule has 0 spiro atoms. The molecule has 0 aliphatic heterocycles.